The Kier molecular flexibility index (Phi) is 5.45. The molecule has 3 aromatic rings. The monoisotopic (exact) mass is 365 g/mol. The fourth-order valence-corrected chi connectivity index (χ4v) is 2.82. The molecule has 0 saturated heterocycles. The lowest BCUT2D eigenvalue weighted by molar-refractivity contribution is -0.133. The average molecular weight is 365 g/mol. The fraction of sp³-hybridized carbons (Fsp3) is 0.238. The van der Waals surface area contributed by atoms with Crippen molar-refractivity contribution in [1.82, 2.24) is 9.88 Å². The molecule has 0 aliphatic carbocycles. The van der Waals surface area contributed by atoms with E-state index in [4.69, 9.17) is 4.74 Å². The smallest absolute Gasteiger partial charge is 0.340 e. The number of fused-ring (bicyclic) bond motifs is 1. The maximum atomic E-state index is 12.3. The van der Waals surface area contributed by atoms with Crippen molar-refractivity contribution in [1.29, 1.82) is 0 Å². The minimum Gasteiger partial charge on any atom is -0.452 e. The number of likely N-dealkylation sites (N-methyl/N-ethyl adjacent to an activating group) is 1. The normalized spacial score (nSPS) is 10.6. The topological polar surface area (TPSA) is 65.6 Å². The second-order valence-corrected chi connectivity index (χ2v) is 6.63. The SMILES string of the molecule is CN(Cc1ccc(N(C)C)cc1)C(=O)COC(=O)c1c[nH]c2ccccc12. The molecule has 0 radical (unpaired) electrons. The molecular weight excluding hydrogens is 342 g/mol. The third-order valence-corrected chi connectivity index (χ3v) is 4.43. The molecule has 0 saturated carbocycles. The van der Waals surface area contributed by atoms with E-state index in [9.17, 15) is 9.59 Å². The van der Waals surface area contributed by atoms with Crippen molar-refractivity contribution >= 4 is 28.5 Å². The van der Waals surface area contributed by atoms with Gasteiger partial charge in [-0.15, -0.1) is 0 Å². The number of benzene rings is 2. The Balaban J connectivity index is 1.56. The van der Waals surface area contributed by atoms with E-state index in [1.54, 1.807) is 18.1 Å². The number of amides is 1. The van der Waals surface area contributed by atoms with E-state index in [1.807, 2.05) is 67.5 Å². The van der Waals surface area contributed by atoms with E-state index in [1.165, 1.54) is 0 Å². The molecule has 6 nitrogen and oxygen atoms in total. The fourth-order valence-electron chi connectivity index (χ4n) is 2.82. The van der Waals surface area contributed by atoms with E-state index in [0.29, 0.717) is 12.1 Å². The largest absolute Gasteiger partial charge is 0.452 e. The maximum Gasteiger partial charge on any atom is 0.340 e. The highest BCUT2D eigenvalue weighted by atomic mass is 16.5. The summed E-state index contributed by atoms with van der Waals surface area (Å²) in [7, 11) is 5.65. The highest BCUT2D eigenvalue weighted by Gasteiger charge is 2.16. The number of rotatable bonds is 6. The van der Waals surface area contributed by atoms with Crippen molar-refractivity contribution in [2.45, 2.75) is 6.54 Å². The third-order valence-electron chi connectivity index (χ3n) is 4.43. The van der Waals surface area contributed by atoms with Crippen LogP contribution in [0.2, 0.25) is 0 Å². The molecule has 3 rings (SSSR count). The highest BCUT2D eigenvalue weighted by Crippen LogP contribution is 2.18. The summed E-state index contributed by atoms with van der Waals surface area (Å²) in [5.74, 6) is -0.760. The van der Waals surface area contributed by atoms with Crippen LogP contribution in [0.1, 0.15) is 15.9 Å². The second-order valence-electron chi connectivity index (χ2n) is 6.63. The highest BCUT2D eigenvalue weighted by molar-refractivity contribution is 6.04. The zero-order valence-electron chi connectivity index (χ0n) is 15.7. The van der Waals surface area contributed by atoms with Crippen molar-refractivity contribution in [3.63, 3.8) is 0 Å². The summed E-state index contributed by atoms with van der Waals surface area (Å²) >= 11 is 0. The Morgan fingerprint density at radius 1 is 1.00 bits per heavy atom. The second kappa shape index (κ2) is 7.95. The lowest BCUT2D eigenvalue weighted by Crippen LogP contribution is -2.30. The molecule has 0 aliphatic heterocycles. The number of carbonyl (C=O) groups excluding carboxylic acids is 2. The minimum absolute atomic E-state index is 0.250. The quantitative estimate of drug-likeness (QED) is 0.682. The van der Waals surface area contributed by atoms with Crippen LogP contribution in [0.3, 0.4) is 0 Å². The van der Waals surface area contributed by atoms with Crippen molar-refractivity contribution in [3.05, 3.63) is 65.9 Å². The number of aromatic nitrogens is 1. The Bertz CT molecular complexity index is 945. The molecule has 2 aromatic carbocycles. The number of esters is 1. The summed E-state index contributed by atoms with van der Waals surface area (Å²) in [6.07, 6.45) is 1.60. The van der Waals surface area contributed by atoms with E-state index in [0.717, 1.165) is 22.2 Å². The van der Waals surface area contributed by atoms with Crippen LogP contribution in [0.15, 0.2) is 54.7 Å². The number of H-pyrrole nitrogens is 1. The number of nitrogens with zero attached hydrogens (tertiary/aromatic N) is 2. The first-order chi connectivity index (χ1) is 13.0. The number of ether oxygens (including phenoxy) is 1. The van der Waals surface area contributed by atoms with Gasteiger partial charge in [0.05, 0.1) is 5.56 Å². The Morgan fingerprint density at radius 2 is 1.70 bits per heavy atom. The van der Waals surface area contributed by atoms with Crippen LogP contribution >= 0.6 is 0 Å². The number of aromatic amines is 1. The summed E-state index contributed by atoms with van der Waals surface area (Å²) in [4.78, 5) is 31.2. The van der Waals surface area contributed by atoms with Gasteiger partial charge in [-0.05, 0) is 23.8 Å². The van der Waals surface area contributed by atoms with Crippen LogP contribution in [-0.4, -0.2) is 49.5 Å². The van der Waals surface area contributed by atoms with Crippen LogP contribution in [0.4, 0.5) is 5.69 Å². The van der Waals surface area contributed by atoms with Gasteiger partial charge in [-0.2, -0.15) is 0 Å². The van der Waals surface area contributed by atoms with Gasteiger partial charge in [0.25, 0.3) is 5.91 Å². The molecular formula is C21H23N3O3. The van der Waals surface area contributed by atoms with E-state index < -0.39 is 5.97 Å². The van der Waals surface area contributed by atoms with Gasteiger partial charge in [-0.1, -0.05) is 30.3 Å². The van der Waals surface area contributed by atoms with Crippen molar-refractivity contribution < 1.29 is 14.3 Å². The average Bonchev–Trinajstić information content (AvgIpc) is 3.10. The summed E-state index contributed by atoms with van der Waals surface area (Å²) < 4.78 is 5.21. The molecule has 140 valence electrons. The first-order valence-corrected chi connectivity index (χ1v) is 8.69. The molecule has 0 atom stereocenters. The molecule has 1 amide bonds. The van der Waals surface area contributed by atoms with Gasteiger partial charge < -0.3 is 19.5 Å². The van der Waals surface area contributed by atoms with Crippen LogP contribution < -0.4 is 4.90 Å². The number of hydrogen-bond acceptors (Lipinski definition) is 4. The van der Waals surface area contributed by atoms with Gasteiger partial charge in [0.2, 0.25) is 0 Å². The van der Waals surface area contributed by atoms with Crippen LogP contribution in [0.5, 0.6) is 0 Å². The molecule has 6 heteroatoms. The van der Waals surface area contributed by atoms with Gasteiger partial charge in [0.15, 0.2) is 6.61 Å². The maximum absolute atomic E-state index is 12.3. The number of carbonyl (C=O) groups is 2. The summed E-state index contributed by atoms with van der Waals surface area (Å²) in [6.45, 7) is 0.168. The number of hydrogen-bond donors (Lipinski definition) is 1. The number of para-hydroxylation sites is 1. The zero-order chi connectivity index (χ0) is 19.4. The minimum atomic E-state index is -0.510. The summed E-state index contributed by atoms with van der Waals surface area (Å²) in [5, 5.41) is 0.782. The first-order valence-electron chi connectivity index (χ1n) is 8.69. The van der Waals surface area contributed by atoms with Gasteiger partial charge in [0, 0.05) is 50.5 Å². The van der Waals surface area contributed by atoms with Gasteiger partial charge in [-0.25, -0.2) is 4.79 Å². The molecule has 1 N–H and O–H groups in total. The Morgan fingerprint density at radius 3 is 2.41 bits per heavy atom. The molecule has 1 heterocycles. The Labute approximate surface area is 158 Å². The van der Waals surface area contributed by atoms with Crippen molar-refractivity contribution in [2.24, 2.45) is 0 Å². The molecule has 1 aromatic heterocycles. The number of nitrogens with one attached hydrogen (secondary N) is 1. The molecule has 0 unspecified atom stereocenters. The lowest BCUT2D eigenvalue weighted by Gasteiger charge is -2.18. The molecule has 0 aliphatic rings. The van der Waals surface area contributed by atoms with Gasteiger partial charge in [-0.3, -0.25) is 4.79 Å². The molecule has 0 bridgehead atoms. The van der Waals surface area contributed by atoms with E-state index in [2.05, 4.69) is 4.98 Å². The van der Waals surface area contributed by atoms with Crippen LogP contribution in [-0.2, 0) is 16.1 Å². The van der Waals surface area contributed by atoms with Crippen molar-refractivity contribution in [3.8, 4) is 0 Å². The number of anilines is 1. The predicted molar refractivity (Wildman–Crippen MR) is 106 cm³/mol. The summed E-state index contributed by atoms with van der Waals surface area (Å²) in [6, 6.07) is 15.4. The Hall–Kier alpha value is -3.28. The molecule has 0 spiro atoms. The van der Waals surface area contributed by atoms with Gasteiger partial charge >= 0.3 is 5.97 Å². The van der Waals surface area contributed by atoms with Crippen LogP contribution in [0.25, 0.3) is 10.9 Å². The standard InChI is InChI=1S/C21H23N3O3/c1-23(2)16-10-8-15(9-11-16)13-24(3)20(25)14-27-21(26)18-12-22-19-7-5-4-6-17(18)19/h4-12,22H,13-14H2,1-3H3. The molecule has 0 fully saturated rings. The van der Waals surface area contributed by atoms with E-state index >= 15 is 0 Å². The van der Waals surface area contributed by atoms with Crippen LogP contribution in [0, 0.1) is 0 Å². The van der Waals surface area contributed by atoms with Gasteiger partial charge in [0.1, 0.15) is 0 Å². The van der Waals surface area contributed by atoms with Crippen molar-refractivity contribution in [2.75, 3.05) is 32.6 Å². The zero-order valence-corrected chi connectivity index (χ0v) is 15.7. The first kappa shape index (κ1) is 18.5. The predicted octanol–water partition coefficient (Wildman–Crippen LogP) is 3.05. The van der Waals surface area contributed by atoms with E-state index in [-0.39, 0.29) is 12.5 Å². The summed E-state index contributed by atoms with van der Waals surface area (Å²) in [5.41, 5.74) is 3.40. The molecule has 27 heavy (non-hydrogen) atoms. The third kappa shape index (κ3) is 4.28. The lowest BCUT2D eigenvalue weighted by atomic mass is 10.2.